The van der Waals surface area contributed by atoms with Crippen LogP contribution in [-0.2, 0) is 30.2 Å². The van der Waals surface area contributed by atoms with Gasteiger partial charge in [0.25, 0.3) is 5.56 Å². The van der Waals surface area contributed by atoms with E-state index in [0.29, 0.717) is 43.0 Å². The number of allylic oxidation sites excluding steroid dienone is 2. The van der Waals surface area contributed by atoms with Crippen LogP contribution < -0.4 is 26.8 Å². The molecule has 174 valence electrons. The monoisotopic (exact) mass is 445 g/mol. The van der Waals surface area contributed by atoms with E-state index < -0.39 is 16.9 Å². The fourth-order valence-corrected chi connectivity index (χ4v) is 4.26. The van der Waals surface area contributed by atoms with Crippen molar-refractivity contribution < 1.29 is 9.59 Å². The van der Waals surface area contributed by atoms with E-state index in [4.69, 9.17) is 0 Å². The number of aryl methyl sites for hydroxylation is 1. The van der Waals surface area contributed by atoms with Gasteiger partial charge in [0.05, 0.1) is 6.54 Å². The largest absolute Gasteiger partial charge is 0.338 e. The van der Waals surface area contributed by atoms with Crippen molar-refractivity contribution in [1.82, 2.24) is 29.3 Å². The number of carbonyl (C=O) groups excluding carboxylic acids is 2. The maximum absolute atomic E-state index is 13.0. The molecular formula is C21H31N7O4. The molecule has 11 nitrogen and oxygen atoms in total. The second kappa shape index (κ2) is 8.64. The van der Waals surface area contributed by atoms with Crippen LogP contribution in [0.1, 0.15) is 40.5 Å². The molecule has 2 aromatic heterocycles. The Bertz CT molecular complexity index is 1200. The molecule has 0 atom stereocenters. The molecule has 2 amide bonds. The molecule has 0 spiro atoms. The zero-order valence-corrected chi connectivity index (χ0v) is 19.5. The normalized spacial score (nSPS) is 15.5. The molecule has 2 N–H and O–H groups in total. The summed E-state index contributed by atoms with van der Waals surface area (Å²) in [6.07, 6.45) is 3.23. The highest BCUT2D eigenvalue weighted by molar-refractivity contribution is 5.78. The summed E-state index contributed by atoms with van der Waals surface area (Å²) < 4.78 is 4.22. The summed E-state index contributed by atoms with van der Waals surface area (Å²) in [5.74, 6) is 0.000370. The molecule has 11 heteroatoms. The van der Waals surface area contributed by atoms with E-state index in [2.05, 4.69) is 15.6 Å². The molecule has 0 saturated carbocycles. The van der Waals surface area contributed by atoms with Gasteiger partial charge in [0, 0.05) is 41.0 Å². The summed E-state index contributed by atoms with van der Waals surface area (Å²) in [5, 5.41) is 5.78. The first-order chi connectivity index (χ1) is 15.0. The third-order valence-corrected chi connectivity index (χ3v) is 5.62. The van der Waals surface area contributed by atoms with Crippen LogP contribution in [0.3, 0.4) is 0 Å². The lowest BCUT2D eigenvalue weighted by molar-refractivity contribution is -0.125. The predicted octanol–water partition coefficient (Wildman–Crippen LogP) is -0.0314. The number of hydrogen-bond donors (Lipinski definition) is 2. The first-order valence-corrected chi connectivity index (χ1v) is 10.6. The Hall–Kier alpha value is -3.37. The van der Waals surface area contributed by atoms with Crippen molar-refractivity contribution >= 4 is 28.9 Å². The van der Waals surface area contributed by atoms with Gasteiger partial charge in [-0.15, -0.1) is 0 Å². The number of carbonyl (C=O) groups is 2. The highest BCUT2D eigenvalue weighted by Gasteiger charge is 2.39. The minimum atomic E-state index is -0.952. The van der Waals surface area contributed by atoms with Gasteiger partial charge in [-0.25, -0.2) is 4.79 Å². The van der Waals surface area contributed by atoms with Crippen LogP contribution in [0.2, 0.25) is 0 Å². The fourth-order valence-electron chi connectivity index (χ4n) is 4.26. The molecule has 1 aliphatic heterocycles. The number of nitrogens with one attached hydrogen (secondary N) is 2. The van der Waals surface area contributed by atoms with Crippen molar-refractivity contribution in [2.75, 3.05) is 18.0 Å². The number of nitrogens with zero attached hydrogens (tertiary/aromatic N) is 5. The third-order valence-electron chi connectivity index (χ3n) is 5.62. The van der Waals surface area contributed by atoms with Gasteiger partial charge >= 0.3 is 5.69 Å². The van der Waals surface area contributed by atoms with E-state index >= 15 is 0 Å². The van der Waals surface area contributed by atoms with E-state index in [1.165, 1.54) is 25.5 Å². The van der Waals surface area contributed by atoms with Crippen LogP contribution in [0.15, 0.2) is 21.2 Å². The summed E-state index contributed by atoms with van der Waals surface area (Å²) in [7, 11) is 3.03. The average molecular weight is 446 g/mol. The Balaban J connectivity index is 2.20. The molecule has 3 heterocycles. The fraction of sp³-hybridized carbons (Fsp3) is 0.571. The van der Waals surface area contributed by atoms with Crippen molar-refractivity contribution in [3.8, 4) is 0 Å². The van der Waals surface area contributed by atoms with E-state index in [1.807, 2.05) is 24.8 Å². The lowest BCUT2D eigenvalue weighted by atomic mass is 9.97. The van der Waals surface area contributed by atoms with Crippen LogP contribution in [0.4, 0.5) is 5.95 Å². The topological polar surface area (TPSA) is 123 Å². The van der Waals surface area contributed by atoms with Crippen LogP contribution >= 0.6 is 0 Å². The zero-order chi connectivity index (χ0) is 23.8. The summed E-state index contributed by atoms with van der Waals surface area (Å²) in [6.45, 7) is 8.04. The molecule has 1 saturated heterocycles. The number of fused-ring (bicyclic) bond motifs is 1. The minimum absolute atomic E-state index is 0.255. The number of anilines is 1. The Kier molecular flexibility index (Phi) is 6.29. The van der Waals surface area contributed by atoms with E-state index in [1.54, 1.807) is 11.6 Å². The highest BCUT2D eigenvalue weighted by Crippen LogP contribution is 2.27. The summed E-state index contributed by atoms with van der Waals surface area (Å²) in [5.41, 5.74) is -0.125. The van der Waals surface area contributed by atoms with Crippen LogP contribution in [-0.4, -0.2) is 49.3 Å². The first kappa shape index (κ1) is 23.3. The second-order valence-electron chi connectivity index (χ2n) is 8.65. The summed E-state index contributed by atoms with van der Waals surface area (Å²) >= 11 is 0. The standard InChI is InChI=1S/C21H31N7O4/c1-13(2)8-11-28-16-17(25(5)20(32)26(6)18(16)31)22-19(28)27-10-7-9-21(12-27,23-14(3)29)24-15(4)30/h8H,7,9-12H2,1-6H3,(H,23,29)(H,24,30). The maximum Gasteiger partial charge on any atom is 0.332 e. The molecule has 1 fully saturated rings. The third kappa shape index (κ3) is 4.32. The second-order valence-corrected chi connectivity index (χ2v) is 8.65. The lowest BCUT2D eigenvalue weighted by Gasteiger charge is -2.43. The number of aromatic nitrogens is 4. The Morgan fingerprint density at radius 2 is 1.69 bits per heavy atom. The van der Waals surface area contributed by atoms with Crippen LogP contribution in [0.5, 0.6) is 0 Å². The van der Waals surface area contributed by atoms with Crippen molar-refractivity contribution in [2.45, 2.75) is 52.7 Å². The SMILES string of the molecule is CC(=O)NC1(NC(C)=O)CCCN(c2nc3c(c(=O)n(C)c(=O)n3C)n2CC=C(C)C)C1. The molecule has 0 unspecified atom stereocenters. The van der Waals surface area contributed by atoms with E-state index in [9.17, 15) is 19.2 Å². The smallest absolute Gasteiger partial charge is 0.332 e. The molecule has 0 aromatic carbocycles. The number of amides is 2. The van der Waals surface area contributed by atoms with Gasteiger partial charge in [-0.2, -0.15) is 4.98 Å². The zero-order valence-electron chi connectivity index (χ0n) is 19.5. The first-order valence-electron chi connectivity index (χ1n) is 10.6. The molecule has 0 radical (unpaired) electrons. The Labute approximate surface area is 185 Å². The Morgan fingerprint density at radius 1 is 1.06 bits per heavy atom. The maximum atomic E-state index is 13.0. The summed E-state index contributed by atoms with van der Waals surface area (Å²) in [6, 6.07) is 0. The molecule has 0 aliphatic carbocycles. The van der Waals surface area contributed by atoms with Gasteiger partial charge in [0.1, 0.15) is 5.66 Å². The van der Waals surface area contributed by atoms with Crippen LogP contribution in [0.25, 0.3) is 11.2 Å². The van der Waals surface area contributed by atoms with Crippen molar-refractivity contribution in [1.29, 1.82) is 0 Å². The molecule has 2 aromatic rings. The number of piperidine rings is 1. The van der Waals surface area contributed by atoms with Crippen molar-refractivity contribution in [3.63, 3.8) is 0 Å². The molecule has 1 aliphatic rings. The van der Waals surface area contributed by atoms with E-state index in [-0.39, 0.29) is 18.4 Å². The van der Waals surface area contributed by atoms with Gasteiger partial charge < -0.3 is 20.1 Å². The molecule has 3 rings (SSSR count). The molecular weight excluding hydrogens is 414 g/mol. The van der Waals surface area contributed by atoms with Gasteiger partial charge in [0.2, 0.25) is 17.8 Å². The summed E-state index contributed by atoms with van der Waals surface area (Å²) in [4.78, 5) is 55.9. The van der Waals surface area contributed by atoms with Gasteiger partial charge in [0.15, 0.2) is 11.2 Å². The van der Waals surface area contributed by atoms with Gasteiger partial charge in [-0.1, -0.05) is 11.6 Å². The highest BCUT2D eigenvalue weighted by atomic mass is 16.2. The predicted molar refractivity (Wildman–Crippen MR) is 121 cm³/mol. The number of hydrogen-bond acceptors (Lipinski definition) is 6. The Morgan fingerprint density at radius 3 is 2.25 bits per heavy atom. The van der Waals surface area contributed by atoms with Gasteiger partial charge in [-0.05, 0) is 26.7 Å². The minimum Gasteiger partial charge on any atom is -0.338 e. The van der Waals surface area contributed by atoms with Crippen molar-refractivity contribution in [2.24, 2.45) is 14.1 Å². The van der Waals surface area contributed by atoms with Crippen LogP contribution in [0, 0.1) is 0 Å². The van der Waals surface area contributed by atoms with E-state index in [0.717, 1.165) is 10.1 Å². The lowest BCUT2D eigenvalue weighted by Crippen LogP contribution is -2.67. The number of imidazole rings is 1. The quantitative estimate of drug-likeness (QED) is 0.492. The van der Waals surface area contributed by atoms with Crippen molar-refractivity contribution in [3.05, 3.63) is 32.5 Å². The molecule has 32 heavy (non-hydrogen) atoms. The van der Waals surface area contributed by atoms with Gasteiger partial charge in [-0.3, -0.25) is 23.5 Å². The number of rotatable bonds is 5. The molecule has 0 bridgehead atoms. The average Bonchev–Trinajstić information content (AvgIpc) is 3.07.